The summed E-state index contributed by atoms with van der Waals surface area (Å²) in [6, 6.07) is 8.43. The zero-order chi connectivity index (χ0) is 18.6. The molecule has 0 fully saturated rings. The maximum absolute atomic E-state index is 12.6. The molecule has 2 heterocycles. The van der Waals surface area contributed by atoms with Crippen molar-refractivity contribution in [3.05, 3.63) is 66.4 Å². The summed E-state index contributed by atoms with van der Waals surface area (Å²) in [7, 11) is -2.38. The minimum absolute atomic E-state index is 0.0409. The predicted octanol–water partition coefficient (Wildman–Crippen LogP) is 1.84. The van der Waals surface area contributed by atoms with E-state index in [0.717, 1.165) is 0 Å². The second-order valence-corrected chi connectivity index (χ2v) is 7.06. The van der Waals surface area contributed by atoms with Gasteiger partial charge in [-0.05, 0) is 36.4 Å². The maximum atomic E-state index is 12.6. The Labute approximate surface area is 149 Å². The first-order valence-electron chi connectivity index (χ1n) is 7.53. The van der Waals surface area contributed by atoms with Crippen LogP contribution in [0.25, 0.3) is 0 Å². The molecule has 134 valence electrons. The molecule has 0 saturated carbocycles. The van der Waals surface area contributed by atoms with E-state index in [4.69, 9.17) is 9.15 Å². The zero-order valence-electron chi connectivity index (χ0n) is 13.7. The van der Waals surface area contributed by atoms with Crippen molar-refractivity contribution in [2.75, 3.05) is 7.11 Å². The van der Waals surface area contributed by atoms with E-state index < -0.39 is 15.7 Å². The molecule has 1 N–H and O–H groups in total. The molecule has 0 spiro atoms. The molecule has 1 aromatic carbocycles. The fraction of sp³-hybridized carbons (Fsp3) is 0.118. The number of aromatic nitrogens is 2. The average molecular weight is 373 g/mol. The molecule has 0 unspecified atom stereocenters. The van der Waals surface area contributed by atoms with Gasteiger partial charge in [-0.3, -0.25) is 14.8 Å². The van der Waals surface area contributed by atoms with E-state index in [1.165, 1.54) is 62.1 Å². The number of carbonyl (C=O) groups excluding carboxylic acids is 1. The summed E-state index contributed by atoms with van der Waals surface area (Å²) in [6.45, 7) is 0.147. The molecule has 9 heteroatoms. The standard InChI is InChI=1S/C17H15N3O5S/c1-24-13-2-4-14(5-3-13)26(22,23)16-7-6-15(25-16)17(21)20-11-12-10-18-8-9-19-12/h2-10H,11H2,1H3,(H,20,21). The smallest absolute Gasteiger partial charge is 0.287 e. The van der Waals surface area contributed by atoms with Crippen molar-refractivity contribution in [1.82, 2.24) is 15.3 Å². The highest BCUT2D eigenvalue weighted by atomic mass is 32.2. The van der Waals surface area contributed by atoms with E-state index in [1.807, 2.05) is 0 Å². The minimum Gasteiger partial charge on any atom is -0.497 e. The number of amides is 1. The average Bonchev–Trinajstić information content (AvgIpc) is 3.18. The van der Waals surface area contributed by atoms with Crippen LogP contribution >= 0.6 is 0 Å². The molecule has 0 saturated heterocycles. The van der Waals surface area contributed by atoms with E-state index in [0.29, 0.717) is 11.4 Å². The van der Waals surface area contributed by atoms with E-state index in [-0.39, 0.29) is 22.3 Å². The molecule has 1 amide bonds. The number of nitrogens with one attached hydrogen (secondary N) is 1. The van der Waals surface area contributed by atoms with Crippen molar-refractivity contribution in [2.24, 2.45) is 0 Å². The van der Waals surface area contributed by atoms with Gasteiger partial charge in [0, 0.05) is 12.4 Å². The maximum Gasteiger partial charge on any atom is 0.287 e. The molecule has 26 heavy (non-hydrogen) atoms. The summed E-state index contributed by atoms with van der Waals surface area (Å²) in [5, 5.41) is 2.28. The Hall–Kier alpha value is -3.20. The lowest BCUT2D eigenvalue weighted by atomic mass is 10.3. The van der Waals surface area contributed by atoms with Gasteiger partial charge in [-0.1, -0.05) is 0 Å². The Bertz CT molecular complexity index is 998. The van der Waals surface area contributed by atoms with Crippen molar-refractivity contribution in [1.29, 1.82) is 0 Å². The Morgan fingerprint density at radius 3 is 2.58 bits per heavy atom. The number of nitrogens with zero attached hydrogens (tertiary/aromatic N) is 2. The molecule has 0 radical (unpaired) electrons. The van der Waals surface area contributed by atoms with Crippen LogP contribution in [0.1, 0.15) is 16.2 Å². The fourth-order valence-corrected chi connectivity index (χ4v) is 3.31. The van der Waals surface area contributed by atoms with Crippen LogP contribution in [0.2, 0.25) is 0 Å². The van der Waals surface area contributed by atoms with Gasteiger partial charge in [0.1, 0.15) is 5.75 Å². The van der Waals surface area contributed by atoms with Crippen molar-refractivity contribution in [3.63, 3.8) is 0 Å². The largest absolute Gasteiger partial charge is 0.497 e. The third-order valence-electron chi connectivity index (χ3n) is 3.49. The van der Waals surface area contributed by atoms with Crippen molar-refractivity contribution < 1.29 is 22.4 Å². The molecule has 0 bridgehead atoms. The molecule has 0 aliphatic rings. The highest BCUT2D eigenvalue weighted by Crippen LogP contribution is 2.24. The first kappa shape index (κ1) is 17.6. The lowest BCUT2D eigenvalue weighted by molar-refractivity contribution is 0.0917. The lowest BCUT2D eigenvalue weighted by Gasteiger charge is -2.04. The van der Waals surface area contributed by atoms with Crippen LogP contribution in [0, 0.1) is 0 Å². The molecule has 2 aromatic heterocycles. The van der Waals surface area contributed by atoms with Crippen LogP contribution in [0.5, 0.6) is 5.75 Å². The van der Waals surface area contributed by atoms with Gasteiger partial charge in [0.05, 0.1) is 30.4 Å². The fourth-order valence-electron chi connectivity index (χ4n) is 2.14. The van der Waals surface area contributed by atoms with Crippen LogP contribution < -0.4 is 10.1 Å². The number of hydrogen-bond acceptors (Lipinski definition) is 7. The van der Waals surface area contributed by atoms with Crippen LogP contribution in [0.15, 0.2) is 69.4 Å². The lowest BCUT2D eigenvalue weighted by Crippen LogP contribution is -2.22. The Balaban J connectivity index is 1.74. The molecule has 3 aromatic rings. The Morgan fingerprint density at radius 1 is 1.15 bits per heavy atom. The van der Waals surface area contributed by atoms with Gasteiger partial charge in [0.15, 0.2) is 5.76 Å². The first-order chi connectivity index (χ1) is 12.5. The summed E-state index contributed by atoms with van der Waals surface area (Å²) in [5.74, 6) is -0.125. The summed E-state index contributed by atoms with van der Waals surface area (Å²) >= 11 is 0. The Morgan fingerprint density at radius 2 is 1.92 bits per heavy atom. The number of rotatable bonds is 6. The van der Waals surface area contributed by atoms with Gasteiger partial charge in [0.25, 0.3) is 5.91 Å². The molecular weight excluding hydrogens is 358 g/mol. The van der Waals surface area contributed by atoms with E-state index in [1.54, 1.807) is 0 Å². The van der Waals surface area contributed by atoms with Gasteiger partial charge in [-0.2, -0.15) is 0 Å². The van der Waals surface area contributed by atoms with E-state index in [9.17, 15) is 13.2 Å². The van der Waals surface area contributed by atoms with Gasteiger partial charge in [-0.25, -0.2) is 8.42 Å². The molecule has 3 rings (SSSR count). The first-order valence-corrected chi connectivity index (χ1v) is 9.01. The number of carbonyl (C=O) groups is 1. The zero-order valence-corrected chi connectivity index (χ0v) is 14.6. The van der Waals surface area contributed by atoms with Crippen molar-refractivity contribution in [2.45, 2.75) is 16.5 Å². The summed E-state index contributed by atoms with van der Waals surface area (Å²) in [5.41, 5.74) is 0.568. The van der Waals surface area contributed by atoms with Crippen LogP contribution in [0.3, 0.4) is 0 Å². The highest BCUT2D eigenvalue weighted by Gasteiger charge is 2.23. The summed E-state index contributed by atoms with van der Waals surface area (Å²) in [4.78, 5) is 20.1. The SMILES string of the molecule is COc1ccc(S(=O)(=O)c2ccc(C(=O)NCc3cnccn3)o2)cc1. The number of furan rings is 1. The van der Waals surface area contributed by atoms with Crippen molar-refractivity contribution >= 4 is 15.7 Å². The monoisotopic (exact) mass is 373 g/mol. The number of hydrogen-bond donors (Lipinski definition) is 1. The third-order valence-corrected chi connectivity index (χ3v) is 5.13. The Kier molecular flexibility index (Phi) is 4.99. The van der Waals surface area contributed by atoms with Crippen molar-refractivity contribution in [3.8, 4) is 5.75 Å². The second-order valence-electron chi connectivity index (χ2n) is 5.18. The normalized spacial score (nSPS) is 11.1. The van der Waals surface area contributed by atoms with Crippen LogP contribution in [0.4, 0.5) is 0 Å². The number of benzene rings is 1. The molecule has 0 aliphatic carbocycles. The van der Waals surface area contributed by atoms with Gasteiger partial charge in [-0.15, -0.1) is 0 Å². The predicted molar refractivity (Wildman–Crippen MR) is 90.4 cm³/mol. The molecule has 0 aliphatic heterocycles. The van der Waals surface area contributed by atoms with Gasteiger partial charge in [0.2, 0.25) is 14.9 Å². The van der Waals surface area contributed by atoms with Gasteiger partial charge < -0.3 is 14.5 Å². The van der Waals surface area contributed by atoms with E-state index >= 15 is 0 Å². The molecule has 0 atom stereocenters. The number of ether oxygens (including phenoxy) is 1. The molecule has 8 nitrogen and oxygen atoms in total. The quantitative estimate of drug-likeness (QED) is 0.702. The van der Waals surface area contributed by atoms with Crippen LogP contribution in [-0.4, -0.2) is 31.4 Å². The summed E-state index contributed by atoms with van der Waals surface area (Å²) < 4.78 is 35.4. The second kappa shape index (κ2) is 7.36. The highest BCUT2D eigenvalue weighted by molar-refractivity contribution is 7.91. The number of sulfone groups is 1. The van der Waals surface area contributed by atoms with Crippen LogP contribution in [-0.2, 0) is 16.4 Å². The molecular formula is C17H15N3O5S. The van der Waals surface area contributed by atoms with Gasteiger partial charge >= 0.3 is 0 Å². The topological polar surface area (TPSA) is 111 Å². The third kappa shape index (κ3) is 3.72. The summed E-state index contributed by atoms with van der Waals surface area (Å²) in [6.07, 6.45) is 4.55. The van der Waals surface area contributed by atoms with E-state index in [2.05, 4.69) is 15.3 Å². The number of methoxy groups -OCH3 is 1. The minimum atomic E-state index is -3.87.